The first-order chi connectivity index (χ1) is 12.9. The quantitative estimate of drug-likeness (QED) is 0.439. The maximum Gasteiger partial charge on any atom is 0.215 e. The van der Waals surface area contributed by atoms with E-state index in [1.165, 1.54) is 11.9 Å². The van der Waals surface area contributed by atoms with E-state index in [9.17, 15) is 8.42 Å². The van der Waals surface area contributed by atoms with Crippen LogP contribution in [-0.2, 0) is 28.7 Å². The first kappa shape index (κ1) is 21.4. The van der Waals surface area contributed by atoms with Gasteiger partial charge in [0.15, 0.2) is 5.96 Å². The standard InChI is InChI=1S/C19H28N4O2S2/c1-15(11-18-5-4-10-26-18)12-22-19(20-2)23-13-16-6-8-17(9-7-16)14-27(24,25)21-3/h4-10,15,21H,11-14H2,1-3H3,(H2,20,22,23). The number of sulfonamides is 1. The Morgan fingerprint density at radius 2 is 1.85 bits per heavy atom. The molecule has 3 N–H and O–H groups in total. The fourth-order valence-corrected chi connectivity index (χ4v) is 4.21. The van der Waals surface area contributed by atoms with Crippen molar-refractivity contribution in [3.63, 3.8) is 0 Å². The van der Waals surface area contributed by atoms with E-state index in [4.69, 9.17) is 0 Å². The van der Waals surface area contributed by atoms with E-state index in [-0.39, 0.29) is 5.75 Å². The zero-order valence-electron chi connectivity index (χ0n) is 16.0. The van der Waals surface area contributed by atoms with Crippen molar-refractivity contribution in [3.8, 4) is 0 Å². The Kier molecular flexibility index (Phi) is 8.27. The van der Waals surface area contributed by atoms with Crippen molar-refractivity contribution < 1.29 is 8.42 Å². The molecule has 0 radical (unpaired) electrons. The van der Waals surface area contributed by atoms with Crippen molar-refractivity contribution in [2.75, 3.05) is 20.6 Å². The van der Waals surface area contributed by atoms with E-state index in [0.717, 1.165) is 30.1 Å². The summed E-state index contributed by atoms with van der Waals surface area (Å²) in [6.45, 7) is 3.69. The first-order valence-corrected chi connectivity index (χ1v) is 11.4. The number of hydrogen-bond donors (Lipinski definition) is 3. The zero-order valence-corrected chi connectivity index (χ0v) is 17.7. The fourth-order valence-electron chi connectivity index (χ4n) is 2.57. The van der Waals surface area contributed by atoms with Gasteiger partial charge in [-0.05, 0) is 42.0 Å². The van der Waals surface area contributed by atoms with Crippen molar-refractivity contribution >= 4 is 27.3 Å². The number of aliphatic imine (C=N–C) groups is 1. The lowest BCUT2D eigenvalue weighted by molar-refractivity contribution is 0.562. The van der Waals surface area contributed by atoms with Gasteiger partial charge in [-0.3, -0.25) is 4.99 Å². The van der Waals surface area contributed by atoms with Gasteiger partial charge in [0.25, 0.3) is 0 Å². The molecule has 8 heteroatoms. The molecule has 1 heterocycles. The minimum absolute atomic E-state index is 0.0113. The lowest BCUT2D eigenvalue weighted by Crippen LogP contribution is -2.39. The van der Waals surface area contributed by atoms with Crippen LogP contribution in [0.25, 0.3) is 0 Å². The summed E-state index contributed by atoms with van der Waals surface area (Å²) in [6.07, 6.45) is 1.05. The normalized spacial score (nSPS) is 13.4. The van der Waals surface area contributed by atoms with Gasteiger partial charge in [0.05, 0.1) is 5.75 Å². The number of nitrogens with zero attached hydrogens (tertiary/aromatic N) is 1. The summed E-state index contributed by atoms with van der Waals surface area (Å²) in [4.78, 5) is 5.65. The molecule has 6 nitrogen and oxygen atoms in total. The maximum atomic E-state index is 11.6. The first-order valence-electron chi connectivity index (χ1n) is 8.88. The molecule has 0 aliphatic carbocycles. The highest BCUT2D eigenvalue weighted by Gasteiger charge is 2.09. The van der Waals surface area contributed by atoms with Crippen LogP contribution in [0.15, 0.2) is 46.8 Å². The second kappa shape index (κ2) is 10.4. The number of rotatable bonds is 9. The Labute approximate surface area is 166 Å². The Morgan fingerprint density at radius 1 is 1.15 bits per heavy atom. The molecule has 0 saturated carbocycles. The molecule has 0 fully saturated rings. The summed E-state index contributed by atoms with van der Waals surface area (Å²) in [5.74, 6) is 1.26. The molecule has 2 aromatic rings. The van der Waals surface area contributed by atoms with Gasteiger partial charge >= 0.3 is 0 Å². The second-order valence-corrected chi connectivity index (χ2v) is 9.43. The van der Waals surface area contributed by atoms with Gasteiger partial charge < -0.3 is 10.6 Å². The van der Waals surface area contributed by atoms with E-state index in [0.29, 0.717) is 12.5 Å². The molecule has 2 rings (SSSR count). The molecule has 0 saturated heterocycles. The summed E-state index contributed by atoms with van der Waals surface area (Å²) in [6, 6.07) is 11.8. The van der Waals surface area contributed by atoms with Crippen molar-refractivity contribution in [2.24, 2.45) is 10.9 Å². The highest BCUT2D eigenvalue weighted by molar-refractivity contribution is 7.88. The van der Waals surface area contributed by atoms with Crippen LogP contribution in [0.2, 0.25) is 0 Å². The molecule has 27 heavy (non-hydrogen) atoms. The number of thiophene rings is 1. The average Bonchev–Trinajstić information content (AvgIpc) is 3.16. The Morgan fingerprint density at radius 3 is 2.44 bits per heavy atom. The second-order valence-electron chi connectivity index (χ2n) is 6.48. The molecule has 1 aromatic heterocycles. The predicted octanol–water partition coefficient (Wildman–Crippen LogP) is 2.34. The minimum Gasteiger partial charge on any atom is -0.356 e. The summed E-state index contributed by atoms with van der Waals surface area (Å²) in [5.41, 5.74) is 1.83. The zero-order chi connectivity index (χ0) is 19.7. The molecule has 1 unspecified atom stereocenters. The van der Waals surface area contributed by atoms with Crippen LogP contribution >= 0.6 is 11.3 Å². The highest BCUT2D eigenvalue weighted by Crippen LogP contribution is 2.13. The Balaban J connectivity index is 1.78. The lowest BCUT2D eigenvalue weighted by Gasteiger charge is -2.16. The van der Waals surface area contributed by atoms with Crippen molar-refractivity contribution in [3.05, 3.63) is 57.8 Å². The van der Waals surface area contributed by atoms with Crippen molar-refractivity contribution in [2.45, 2.75) is 25.6 Å². The number of nitrogens with one attached hydrogen (secondary N) is 3. The van der Waals surface area contributed by atoms with Gasteiger partial charge in [-0.15, -0.1) is 11.3 Å². The molecule has 0 amide bonds. The molecule has 0 bridgehead atoms. The van der Waals surface area contributed by atoms with Crippen LogP contribution < -0.4 is 15.4 Å². The van der Waals surface area contributed by atoms with Gasteiger partial charge in [-0.1, -0.05) is 37.3 Å². The third-order valence-corrected chi connectivity index (χ3v) is 6.36. The van der Waals surface area contributed by atoms with Crippen LogP contribution in [0.1, 0.15) is 22.9 Å². The molecular formula is C19H28N4O2S2. The van der Waals surface area contributed by atoms with E-state index in [1.807, 2.05) is 24.3 Å². The van der Waals surface area contributed by atoms with Gasteiger partial charge in [0.1, 0.15) is 0 Å². The molecule has 148 valence electrons. The Hall–Kier alpha value is -1.90. The molecule has 1 aromatic carbocycles. The van der Waals surface area contributed by atoms with Crippen LogP contribution in [0, 0.1) is 5.92 Å². The number of hydrogen-bond acceptors (Lipinski definition) is 4. The molecule has 1 atom stereocenters. The lowest BCUT2D eigenvalue weighted by atomic mass is 10.1. The summed E-state index contributed by atoms with van der Waals surface area (Å²) in [5, 5.41) is 8.75. The van der Waals surface area contributed by atoms with Gasteiger partial charge in [0, 0.05) is 25.0 Å². The van der Waals surface area contributed by atoms with E-state index >= 15 is 0 Å². The molecule has 0 aliphatic rings. The van der Waals surface area contributed by atoms with Crippen molar-refractivity contribution in [1.82, 2.24) is 15.4 Å². The Bertz CT molecular complexity index is 816. The third-order valence-electron chi connectivity index (χ3n) is 4.12. The summed E-state index contributed by atoms with van der Waals surface area (Å²) in [7, 11) is -0.0645. The summed E-state index contributed by atoms with van der Waals surface area (Å²) >= 11 is 1.79. The van der Waals surface area contributed by atoms with Crippen LogP contribution in [0.5, 0.6) is 0 Å². The van der Waals surface area contributed by atoms with Gasteiger partial charge in [0.2, 0.25) is 10.0 Å². The highest BCUT2D eigenvalue weighted by atomic mass is 32.2. The maximum absolute atomic E-state index is 11.6. The van der Waals surface area contributed by atoms with Gasteiger partial charge in [-0.2, -0.15) is 0 Å². The van der Waals surface area contributed by atoms with Crippen LogP contribution in [0.3, 0.4) is 0 Å². The number of benzene rings is 1. The molecular weight excluding hydrogens is 380 g/mol. The molecule has 0 aliphatic heterocycles. The largest absolute Gasteiger partial charge is 0.356 e. The fraction of sp³-hybridized carbons (Fsp3) is 0.421. The predicted molar refractivity (Wildman–Crippen MR) is 114 cm³/mol. The van der Waals surface area contributed by atoms with Gasteiger partial charge in [-0.25, -0.2) is 13.1 Å². The van der Waals surface area contributed by atoms with Crippen LogP contribution in [0.4, 0.5) is 0 Å². The summed E-state index contributed by atoms with van der Waals surface area (Å²) < 4.78 is 25.5. The van der Waals surface area contributed by atoms with E-state index in [2.05, 4.69) is 44.8 Å². The van der Waals surface area contributed by atoms with E-state index in [1.54, 1.807) is 18.4 Å². The smallest absolute Gasteiger partial charge is 0.215 e. The van der Waals surface area contributed by atoms with Crippen LogP contribution in [-0.4, -0.2) is 35.0 Å². The minimum atomic E-state index is -3.24. The van der Waals surface area contributed by atoms with E-state index < -0.39 is 10.0 Å². The average molecular weight is 409 g/mol. The number of guanidine groups is 1. The SMILES string of the molecule is CN=C(NCc1ccc(CS(=O)(=O)NC)cc1)NCC(C)Cc1cccs1. The molecule has 0 spiro atoms. The third kappa shape index (κ3) is 7.70. The monoisotopic (exact) mass is 408 g/mol. The van der Waals surface area contributed by atoms with Crippen molar-refractivity contribution in [1.29, 1.82) is 0 Å². The topological polar surface area (TPSA) is 82.6 Å².